The summed E-state index contributed by atoms with van der Waals surface area (Å²) in [5.74, 6) is -1.02. The van der Waals surface area contributed by atoms with E-state index in [0.29, 0.717) is 5.03 Å². The first-order valence-corrected chi connectivity index (χ1v) is 5.36. The van der Waals surface area contributed by atoms with E-state index in [1.807, 2.05) is 18.2 Å². The van der Waals surface area contributed by atoms with E-state index in [9.17, 15) is 4.79 Å². The predicted molar refractivity (Wildman–Crippen MR) is 59.6 cm³/mol. The van der Waals surface area contributed by atoms with E-state index < -0.39 is 5.97 Å². The van der Waals surface area contributed by atoms with Crippen molar-refractivity contribution in [1.29, 1.82) is 0 Å². The number of hydrogen-bond donors (Lipinski definition) is 1. The lowest BCUT2D eigenvalue weighted by Crippen LogP contribution is -1.99. The third kappa shape index (κ3) is 2.58. The van der Waals surface area contributed by atoms with Gasteiger partial charge >= 0.3 is 5.97 Å². The van der Waals surface area contributed by atoms with Gasteiger partial charge in [-0.3, -0.25) is 0 Å². The molecule has 2 heterocycles. The summed E-state index contributed by atoms with van der Waals surface area (Å²) in [5, 5.41) is 10.2. The number of rotatable bonds is 3. The van der Waals surface area contributed by atoms with Crippen molar-refractivity contribution < 1.29 is 9.90 Å². The van der Waals surface area contributed by atoms with Gasteiger partial charge < -0.3 is 5.11 Å². The molecule has 5 heteroatoms. The summed E-state index contributed by atoms with van der Waals surface area (Å²) in [6.45, 7) is 0. The van der Waals surface area contributed by atoms with E-state index in [2.05, 4.69) is 9.97 Å². The molecule has 0 aliphatic heterocycles. The molecule has 4 nitrogen and oxygen atoms in total. The number of nitrogens with zero attached hydrogens (tertiary/aromatic N) is 2. The number of carboxylic acid groups (broad SMARTS) is 1. The second-order valence-electron chi connectivity index (χ2n) is 2.94. The Hall–Kier alpha value is -1.88. The van der Waals surface area contributed by atoms with Gasteiger partial charge in [0.1, 0.15) is 15.7 Å². The molecule has 0 spiro atoms. The molecule has 0 aliphatic rings. The van der Waals surface area contributed by atoms with Crippen LogP contribution in [0.5, 0.6) is 0 Å². The lowest BCUT2D eigenvalue weighted by molar-refractivity contribution is 0.0689. The van der Waals surface area contributed by atoms with Gasteiger partial charge in [0.05, 0.1) is 0 Å². The van der Waals surface area contributed by atoms with Crippen LogP contribution >= 0.6 is 11.8 Å². The fraction of sp³-hybridized carbons (Fsp3) is 0. The molecule has 0 unspecified atom stereocenters. The Balaban J connectivity index is 2.22. The van der Waals surface area contributed by atoms with E-state index in [0.717, 1.165) is 5.03 Å². The van der Waals surface area contributed by atoms with Crippen molar-refractivity contribution in [2.75, 3.05) is 0 Å². The highest BCUT2D eigenvalue weighted by atomic mass is 32.2. The zero-order valence-electron chi connectivity index (χ0n) is 8.20. The number of carboxylic acids is 1. The van der Waals surface area contributed by atoms with Crippen LogP contribution in [0.1, 0.15) is 10.5 Å². The summed E-state index contributed by atoms with van der Waals surface area (Å²) in [6.07, 6.45) is 1.68. The standard InChI is InChI=1S/C11H8N2O2S/c14-11(15)8-4-3-6-10(13-8)16-9-5-1-2-7-12-9/h1-7H,(H,14,15). The van der Waals surface area contributed by atoms with Crippen LogP contribution in [0.2, 0.25) is 0 Å². The maximum absolute atomic E-state index is 10.7. The van der Waals surface area contributed by atoms with Gasteiger partial charge in [-0.1, -0.05) is 23.9 Å². The van der Waals surface area contributed by atoms with Crippen molar-refractivity contribution >= 4 is 17.7 Å². The third-order valence-corrected chi connectivity index (χ3v) is 2.68. The van der Waals surface area contributed by atoms with Gasteiger partial charge in [0.25, 0.3) is 0 Å². The van der Waals surface area contributed by atoms with Crippen LogP contribution in [-0.2, 0) is 0 Å². The second-order valence-corrected chi connectivity index (χ2v) is 3.98. The number of aromatic nitrogens is 2. The van der Waals surface area contributed by atoms with Gasteiger partial charge in [-0.2, -0.15) is 0 Å². The summed E-state index contributed by atoms with van der Waals surface area (Å²) in [6, 6.07) is 10.4. The van der Waals surface area contributed by atoms with Crippen molar-refractivity contribution in [1.82, 2.24) is 9.97 Å². The molecule has 0 bridgehead atoms. The molecular formula is C11H8N2O2S. The zero-order chi connectivity index (χ0) is 11.4. The van der Waals surface area contributed by atoms with Crippen molar-refractivity contribution in [2.24, 2.45) is 0 Å². The Bertz CT molecular complexity index is 502. The monoisotopic (exact) mass is 232 g/mol. The van der Waals surface area contributed by atoms with Crippen molar-refractivity contribution in [3.8, 4) is 0 Å². The number of hydrogen-bond acceptors (Lipinski definition) is 4. The van der Waals surface area contributed by atoms with Gasteiger partial charge in [0, 0.05) is 6.20 Å². The van der Waals surface area contributed by atoms with Crippen LogP contribution in [0.4, 0.5) is 0 Å². The van der Waals surface area contributed by atoms with E-state index >= 15 is 0 Å². The zero-order valence-corrected chi connectivity index (χ0v) is 9.02. The van der Waals surface area contributed by atoms with Gasteiger partial charge in [-0.05, 0) is 24.3 Å². The summed E-state index contributed by atoms with van der Waals surface area (Å²) in [5.41, 5.74) is 0.0425. The number of aromatic carboxylic acids is 1. The fourth-order valence-corrected chi connectivity index (χ4v) is 1.87. The normalized spacial score (nSPS) is 10.0. The van der Waals surface area contributed by atoms with Crippen LogP contribution < -0.4 is 0 Å². The van der Waals surface area contributed by atoms with Crippen molar-refractivity contribution in [3.05, 3.63) is 48.3 Å². The van der Waals surface area contributed by atoms with Crippen LogP contribution in [0.3, 0.4) is 0 Å². The average molecular weight is 232 g/mol. The molecule has 1 N–H and O–H groups in total. The van der Waals surface area contributed by atoms with Gasteiger partial charge in [-0.15, -0.1) is 0 Å². The van der Waals surface area contributed by atoms with E-state index in [4.69, 9.17) is 5.11 Å². The first-order valence-electron chi connectivity index (χ1n) is 4.55. The Morgan fingerprint density at radius 1 is 1.12 bits per heavy atom. The third-order valence-electron chi connectivity index (χ3n) is 1.79. The van der Waals surface area contributed by atoms with E-state index in [1.54, 1.807) is 18.3 Å². The molecule has 2 aromatic rings. The maximum atomic E-state index is 10.7. The highest BCUT2D eigenvalue weighted by Crippen LogP contribution is 2.23. The molecule has 80 valence electrons. The highest BCUT2D eigenvalue weighted by molar-refractivity contribution is 7.99. The smallest absolute Gasteiger partial charge is 0.354 e. The Morgan fingerprint density at radius 2 is 1.94 bits per heavy atom. The predicted octanol–water partition coefficient (Wildman–Crippen LogP) is 2.33. The molecule has 0 aliphatic carbocycles. The topological polar surface area (TPSA) is 63.1 Å². The number of pyridine rings is 2. The average Bonchev–Trinajstić information content (AvgIpc) is 2.30. The van der Waals surface area contributed by atoms with Crippen LogP contribution in [-0.4, -0.2) is 21.0 Å². The fourth-order valence-electron chi connectivity index (χ4n) is 1.11. The highest BCUT2D eigenvalue weighted by Gasteiger charge is 2.06. The maximum Gasteiger partial charge on any atom is 0.354 e. The molecule has 16 heavy (non-hydrogen) atoms. The van der Waals surface area contributed by atoms with Gasteiger partial charge in [-0.25, -0.2) is 14.8 Å². The lowest BCUT2D eigenvalue weighted by Gasteiger charge is -2.00. The molecule has 0 aromatic carbocycles. The number of carbonyl (C=O) groups is 1. The minimum absolute atomic E-state index is 0.0425. The summed E-state index contributed by atoms with van der Waals surface area (Å²) < 4.78 is 0. The Labute approximate surface area is 96.4 Å². The van der Waals surface area contributed by atoms with Gasteiger partial charge in [0.15, 0.2) is 0 Å². The quantitative estimate of drug-likeness (QED) is 0.879. The van der Waals surface area contributed by atoms with Crippen molar-refractivity contribution in [2.45, 2.75) is 10.1 Å². The minimum Gasteiger partial charge on any atom is -0.477 e. The SMILES string of the molecule is O=C(O)c1cccc(Sc2ccccn2)n1. The molecular weight excluding hydrogens is 224 g/mol. The molecule has 0 atom stereocenters. The summed E-state index contributed by atoms with van der Waals surface area (Å²) >= 11 is 1.33. The second kappa shape index (κ2) is 4.76. The Morgan fingerprint density at radius 3 is 2.62 bits per heavy atom. The largest absolute Gasteiger partial charge is 0.477 e. The van der Waals surface area contributed by atoms with Crippen molar-refractivity contribution in [3.63, 3.8) is 0 Å². The van der Waals surface area contributed by atoms with Crippen LogP contribution in [0.25, 0.3) is 0 Å². The lowest BCUT2D eigenvalue weighted by atomic mass is 10.4. The molecule has 2 aromatic heterocycles. The van der Waals surface area contributed by atoms with Crippen LogP contribution in [0, 0.1) is 0 Å². The van der Waals surface area contributed by atoms with E-state index in [1.165, 1.54) is 17.8 Å². The van der Waals surface area contributed by atoms with E-state index in [-0.39, 0.29) is 5.69 Å². The molecule has 0 saturated carbocycles. The summed E-state index contributed by atoms with van der Waals surface area (Å²) in [7, 11) is 0. The molecule has 2 rings (SSSR count). The Kier molecular flexibility index (Phi) is 3.16. The minimum atomic E-state index is -1.02. The first-order chi connectivity index (χ1) is 7.75. The summed E-state index contributed by atoms with van der Waals surface area (Å²) in [4.78, 5) is 18.8. The van der Waals surface area contributed by atoms with Gasteiger partial charge in [0.2, 0.25) is 0 Å². The molecule has 0 amide bonds. The van der Waals surface area contributed by atoms with Crippen LogP contribution in [0.15, 0.2) is 52.6 Å². The molecule has 0 radical (unpaired) electrons. The first kappa shape index (κ1) is 10.6. The molecule has 0 fully saturated rings. The molecule has 0 saturated heterocycles.